The fourth-order valence-electron chi connectivity index (χ4n) is 3.88. The summed E-state index contributed by atoms with van der Waals surface area (Å²) in [6.45, 7) is 4.32. The van der Waals surface area contributed by atoms with E-state index in [1.807, 2.05) is 22.6 Å². The average molecular weight is 369 g/mol. The van der Waals surface area contributed by atoms with Crippen LogP contribution in [-0.4, -0.2) is 32.3 Å². The third kappa shape index (κ3) is 3.30. The minimum atomic E-state index is 0.0851. The second-order valence-corrected chi connectivity index (χ2v) is 8.19. The number of aromatic nitrogens is 3. The molecule has 0 spiro atoms. The Balaban J connectivity index is 1.52. The first-order valence-corrected chi connectivity index (χ1v) is 10.3. The zero-order valence-electron chi connectivity index (χ0n) is 15.2. The highest BCUT2D eigenvalue weighted by Gasteiger charge is 2.23. The number of aryl methyl sites for hydroxylation is 1. The predicted molar refractivity (Wildman–Crippen MR) is 106 cm³/mol. The van der Waals surface area contributed by atoms with Crippen molar-refractivity contribution in [3.63, 3.8) is 0 Å². The van der Waals surface area contributed by atoms with Gasteiger partial charge < -0.3 is 5.32 Å². The normalized spacial score (nSPS) is 20.5. The minimum Gasteiger partial charge on any atom is -0.352 e. The van der Waals surface area contributed by atoms with E-state index in [0.29, 0.717) is 17.7 Å². The van der Waals surface area contributed by atoms with E-state index in [4.69, 9.17) is 0 Å². The van der Waals surface area contributed by atoms with E-state index in [2.05, 4.69) is 41.5 Å². The first kappa shape index (κ1) is 17.3. The second kappa shape index (κ2) is 7.27. The number of carbonyl (C=O) groups is 1. The lowest BCUT2D eigenvalue weighted by molar-refractivity contribution is -0.119. The van der Waals surface area contributed by atoms with Crippen molar-refractivity contribution >= 4 is 34.2 Å². The molecule has 3 aromatic rings. The molecule has 2 aromatic heterocycles. The SMILES string of the molecule is Cc1cc2nnc(SCC(=O)N[C@@H]3CCCC[C@H]3C)n2c2ccccc12. The Bertz CT molecular complexity index is 952. The van der Waals surface area contributed by atoms with Crippen LogP contribution in [0.1, 0.15) is 38.2 Å². The Morgan fingerprint density at radius 2 is 2.08 bits per heavy atom. The molecule has 1 fully saturated rings. The molecule has 2 heterocycles. The standard InChI is InChI=1S/C20H24N4OS/c1-13-7-3-5-9-16(13)21-19(25)12-26-20-23-22-18-11-14(2)15-8-4-6-10-17(15)24(18)20/h4,6,8,10-11,13,16H,3,5,7,9,12H2,1-2H3,(H,21,25)/t13-,16-/m1/s1. The molecule has 6 heteroatoms. The number of hydrogen-bond donors (Lipinski definition) is 1. The van der Waals surface area contributed by atoms with Crippen molar-refractivity contribution in [2.24, 2.45) is 5.92 Å². The van der Waals surface area contributed by atoms with Gasteiger partial charge in [0.1, 0.15) is 0 Å². The Morgan fingerprint density at radius 1 is 1.27 bits per heavy atom. The number of para-hydroxylation sites is 1. The van der Waals surface area contributed by atoms with Crippen LogP contribution in [0.15, 0.2) is 35.5 Å². The van der Waals surface area contributed by atoms with Crippen LogP contribution in [0.2, 0.25) is 0 Å². The highest BCUT2D eigenvalue weighted by molar-refractivity contribution is 7.99. The maximum atomic E-state index is 12.4. The van der Waals surface area contributed by atoms with Gasteiger partial charge in [0.2, 0.25) is 5.91 Å². The van der Waals surface area contributed by atoms with Crippen molar-refractivity contribution < 1.29 is 4.79 Å². The van der Waals surface area contributed by atoms with Gasteiger partial charge in [-0.3, -0.25) is 9.20 Å². The fraction of sp³-hybridized carbons (Fsp3) is 0.450. The van der Waals surface area contributed by atoms with E-state index in [0.717, 1.165) is 22.7 Å². The van der Waals surface area contributed by atoms with E-state index in [-0.39, 0.29) is 5.91 Å². The summed E-state index contributed by atoms with van der Waals surface area (Å²) >= 11 is 1.45. The number of benzene rings is 1. The van der Waals surface area contributed by atoms with E-state index in [9.17, 15) is 4.79 Å². The Hall–Kier alpha value is -2.08. The molecule has 136 valence electrons. The number of hydrogen-bond acceptors (Lipinski definition) is 4. The molecule has 1 saturated carbocycles. The quantitative estimate of drug-likeness (QED) is 0.708. The molecule has 1 aliphatic carbocycles. The Kier molecular flexibility index (Phi) is 4.85. The van der Waals surface area contributed by atoms with Crippen molar-refractivity contribution in [3.8, 4) is 0 Å². The average Bonchev–Trinajstić information content (AvgIpc) is 3.05. The van der Waals surface area contributed by atoms with Gasteiger partial charge >= 0.3 is 0 Å². The summed E-state index contributed by atoms with van der Waals surface area (Å²) in [4.78, 5) is 12.4. The molecule has 1 N–H and O–H groups in total. The lowest BCUT2D eigenvalue weighted by atomic mass is 9.86. The molecule has 5 nitrogen and oxygen atoms in total. The molecule has 1 aliphatic rings. The molecule has 0 bridgehead atoms. The first-order chi connectivity index (χ1) is 12.6. The molecule has 1 amide bonds. The summed E-state index contributed by atoms with van der Waals surface area (Å²) in [6, 6.07) is 10.6. The van der Waals surface area contributed by atoms with Gasteiger partial charge in [0.05, 0.1) is 11.3 Å². The van der Waals surface area contributed by atoms with Crippen molar-refractivity contribution in [2.45, 2.75) is 50.7 Å². The molecular weight excluding hydrogens is 344 g/mol. The molecule has 0 radical (unpaired) electrons. The van der Waals surface area contributed by atoms with Crippen LogP contribution >= 0.6 is 11.8 Å². The summed E-state index contributed by atoms with van der Waals surface area (Å²) in [6.07, 6.45) is 4.79. The van der Waals surface area contributed by atoms with E-state index in [1.165, 1.54) is 42.0 Å². The van der Waals surface area contributed by atoms with Crippen LogP contribution in [0, 0.1) is 12.8 Å². The molecule has 2 atom stereocenters. The molecule has 1 aromatic carbocycles. The summed E-state index contributed by atoms with van der Waals surface area (Å²) in [7, 11) is 0. The maximum absolute atomic E-state index is 12.4. The Morgan fingerprint density at radius 3 is 2.92 bits per heavy atom. The zero-order chi connectivity index (χ0) is 18.1. The number of thioether (sulfide) groups is 1. The highest BCUT2D eigenvalue weighted by atomic mass is 32.2. The summed E-state index contributed by atoms with van der Waals surface area (Å²) in [5.74, 6) is 1.02. The van der Waals surface area contributed by atoms with Crippen LogP contribution in [0.25, 0.3) is 16.6 Å². The number of nitrogens with zero attached hydrogens (tertiary/aromatic N) is 3. The van der Waals surface area contributed by atoms with Crippen molar-refractivity contribution in [1.29, 1.82) is 0 Å². The maximum Gasteiger partial charge on any atom is 0.230 e. The summed E-state index contributed by atoms with van der Waals surface area (Å²) < 4.78 is 2.05. The van der Waals surface area contributed by atoms with Gasteiger partial charge in [-0.1, -0.05) is 49.7 Å². The van der Waals surface area contributed by atoms with Crippen LogP contribution in [0.3, 0.4) is 0 Å². The number of pyridine rings is 1. The monoisotopic (exact) mass is 368 g/mol. The largest absolute Gasteiger partial charge is 0.352 e. The van der Waals surface area contributed by atoms with Crippen molar-refractivity contribution in [1.82, 2.24) is 19.9 Å². The summed E-state index contributed by atoms with van der Waals surface area (Å²) in [5, 5.41) is 13.8. The van der Waals surface area contributed by atoms with E-state index >= 15 is 0 Å². The van der Waals surface area contributed by atoms with E-state index in [1.54, 1.807) is 0 Å². The van der Waals surface area contributed by atoms with Crippen LogP contribution < -0.4 is 5.32 Å². The minimum absolute atomic E-state index is 0.0851. The highest BCUT2D eigenvalue weighted by Crippen LogP contribution is 2.26. The van der Waals surface area contributed by atoms with Gasteiger partial charge in [0, 0.05) is 11.4 Å². The van der Waals surface area contributed by atoms with Gasteiger partial charge in [0.25, 0.3) is 0 Å². The van der Waals surface area contributed by atoms with Gasteiger partial charge in [-0.2, -0.15) is 0 Å². The lowest BCUT2D eigenvalue weighted by Crippen LogP contribution is -2.41. The number of carbonyl (C=O) groups excluding carboxylic acids is 1. The van der Waals surface area contributed by atoms with Crippen molar-refractivity contribution in [2.75, 3.05) is 5.75 Å². The molecular formula is C20H24N4OS. The van der Waals surface area contributed by atoms with E-state index < -0.39 is 0 Å². The fourth-order valence-corrected chi connectivity index (χ4v) is 4.64. The molecule has 0 saturated heterocycles. The van der Waals surface area contributed by atoms with Crippen molar-refractivity contribution in [3.05, 3.63) is 35.9 Å². The van der Waals surface area contributed by atoms with Gasteiger partial charge in [-0.25, -0.2) is 0 Å². The van der Waals surface area contributed by atoms with Crippen LogP contribution in [0.5, 0.6) is 0 Å². The Labute approximate surface area is 157 Å². The van der Waals surface area contributed by atoms with Gasteiger partial charge in [-0.15, -0.1) is 10.2 Å². The molecule has 26 heavy (non-hydrogen) atoms. The number of amides is 1. The number of nitrogens with one attached hydrogen (secondary N) is 1. The summed E-state index contributed by atoms with van der Waals surface area (Å²) in [5.41, 5.74) is 3.09. The first-order valence-electron chi connectivity index (χ1n) is 9.29. The van der Waals surface area contributed by atoms with Gasteiger partial charge in [-0.05, 0) is 43.4 Å². The second-order valence-electron chi connectivity index (χ2n) is 7.25. The smallest absolute Gasteiger partial charge is 0.230 e. The third-order valence-corrected chi connectivity index (χ3v) is 6.29. The zero-order valence-corrected chi connectivity index (χ0v) is 16.1. The number of rotatable bonds is 4. The topological polar surface area (TPSA) is 59.3 Å². The third-order valence-electron chi connectivity index (χ3n) is 5.36. The predicted octanol–water partition coefficient (Wildman–Crippen LogP) is 3.98. The van der Waals surface area contributed by atoms with Gasteiger partial charge in [0.15, 0.2) is 10.8 Å². The molecule has 0 aliphatic heterocycles. The van der Waals surface area contributed by atoms with Crippen LogP contribution in [0.4, 0.5) is 0 Å². The van der Waals surface area contributed by atoms with Crippen LogP contribution in [-0.2, 0) is 4.79 Å². The number of fused-ring (bicyclic) bond motifs is 3. The molecule has 4 rings (SSSR count). The lowest BCUT2D eigenvalue weighted by Gasteiger charge is -2.29. The molecule has 0 unspecified atom stereocenters.